The molecular weight excluding hydrogens is 196 g/mol. The van der Waals surface area contributed by atoms with Crippen LogP contribution in [0.1, 0.15) is 18.1 Å². The van der Waals surface area contributed by atoms with Gasteiger partial charge in [0, 0.05) is 6.26 Å². The highest BCUT2D eigenvalue weighted by Crippen LogP contribution is 2.29. The van der Waals surface area contributed by atoms with Gasteiger partial charge in [-0.25, -0.2) is 8.42 Å². The minimum atomic E-state index is -3.10. The predicted molar refractivity (Wildman–Crippen MR) is 56.9 cm³/mol. The van der Waals surface area contributed by atoms with E-state index in [4.69, 9.17) is 0 Å². The van der Waals surface area contributed by atoms with E-state index in [9.17, 15) is 8.42 Å². The summed E-state index contributed by atoms with van der Waals surface area (Å²) in [6.07, 6.45) is 4.09. The minimum absolute atomic E-state index is 0.451. The first-order valence-electron chi connectivity index (χ1n) is 4.47. The monoisotopic (exact) mass is 208 g/mol. The summed E-state index contributed by atoms with van der Waals surface area (Å²) in [5.41, 5.74) is 3.22. The Labute approximate surface area is 84.2 Å². The molecule has 0 bridgehead atoms. The Morgan fingerprint density at radius 2 is 2.00 bits per heavy atom. The molecule has 0 fully saturated rings. The van der Waals surface area contributed by atoms with Crippen LogP contribution in [0.4, 0.5) is 0 Å². The highest BCUT2D eigenvalue weighted by molar-refractivity contribution is 7.90. The summed E-state index contributed by atoms with van der Waals surface area (Å²) < 4.78 is 22.9. The van der Waals surface area contributed by atoms with E-state index in [1.807, 2.05) is 25.1 Å². The van der Waals surface area contributed by atoms with E-state index >= 15 is 0 Å². The van der Waals surface area contributed by atoms with Crippen molar-refractivity contribution >= 4 is 15.9 Å². The molecule has 0 amide bonds. The molecule has 3 heteroatoms. The lowest BCUT2D eigenvalue weighted by Crippen LogP contribution is -2.00. The van der Waals surface area contributed by atoms with Gasteiger partial charge >= 0.3 is 0 Å². The molecule has 0 unspecified atom stereocenters. The second-order valence-electron chi connectivity index (χ2n) is 3.77. The fraction of sp³-hybridized carbons (Fsp3) is 0.273. The Bertz CT molecular complexity index is 510. The lowest BCUT2D eigenvalue weighted by Gasteiger charge is -2.04. The predicted octanol–water partition coefficient (Wildman–Crippen LogP) is 2.05. The number of benzene rings is 1. The fourth-order valence-corrected chi connectivity index (χ4v) is 2.74. The first kappa shape index (κ1) is 9.46. The number of hydrogen-bond acceptors (Lipinski definition) is 2. The summed E-state index contributed by atoms with van der Waals surface area (Å²) in [6, 6.07) is 5.46. The molecule has 0 aromatic heterocycles. The van der Waals surface area contributed by atoms with Gasteiger partial charge in [-0.3, -0.25) is 0 Å². The van der Waals surface area contributed by atoms with Gasteiger partial charge in [0.1, 0.15) is 0 Å². The Kier molecular flexibility index (Phi) is 2.00. The number of hydrogen-bond donors (Lipinski definition) is 0. The minimum Gasteiger partial charge on any atom is -0.224 e. The van der Waals surface area contributed by atoms with Crippen molar-refractivity contribution in [3.8, 4) is 0 Å². The van der Waals surface area contributed by atoms with Crippen LogP contribution in [0.3, 0.4) is 0 Å². The average molecular weight is 208 g/mol. The quantitative estimate of drug-likeness (QED) is 0.708. The van der Waals surface area contributed by atoms with Crippen LogP contribution in [0, 0.1) is 0 Å². The lowest BCUT2D eigenvalue weighted by molar-refractivity contribution is 0.601. The largest absolute Gasteiger partial charge is 0.224 e. The standard InChI is InChI=1S/C11H12O2S/c1-8-6-9-4-3-5-11(10(9)7-8)14(2,12)13/h3-5,7H,6H2,1-2H3. The van der Waals surface area contributed by atoms with Gasteiger partial charge in [0.05, 0.1) is 4.90 Å². The first-order chi connectivity index (χ1) is 6.48. The third-order valence-electron chi connectivity index (χ3n) is 2.42. The first-order valence-corrected chi connectivity index (χ1v) is 6.37. The lowest BCUT2D eigenvalue weighted by atomic mass is 10.1. The second-order valence-corrected chi connectivity index (χ2v) is 5.75. The summed E-state index contributed by atoms with van der Waals surface area (Å²) in [5.74, 6) is 0. The van der Waals surface area contributed by atoms with Crippen molar-refractivity contribution in [2.24, 2.45) is 0 Å². The maximum absolute atomic E-state index is 11.5. The van der Waals surface area contributed by atoms with Gasteiger partial charge < -0.3 is 0 Å². The van der Waals surface area contributed by atoms with Gasteiger partial charge in [-0.15, -0.1) is 0 Å². The highest BCUT2D eigenvalue weighted by atomic mass is 32.2. The summed E-state index contributed by atoms with van der Waals surface area (Å²) in [5, 5.41) is 0. The van der Waals surface area contributed by atoms with E-state index in [0.717, 1.165) is 17.5 Å². The van der Waals surface area contributed by atoms with Crippen molar-refractivity contribution in [3.63, 3.8) is 0 Å². The molecule has 1 aromatic rings. The number of fused-ring (bicyclic) bond motifs is 1. The maximum Gasteiger partial charge on any atom is 0.176 e. The smallest absolute Gasteiger partial charge is 0.176 e. The molecule has 1 aromatic carbocycles. The zero-order valence-electron chi connectivity index (χ0n) is 8.24. The van der Waals surface area contributed by atoms with Crippen LogP contribution >= 0.6 is 0 Å². The van der Waals surface area contributed by atoms with Crippen LogP contribution in [0.25, 0.3) is 6.08 Å². The maximum atomic E-state index is 11.5. The molecule has 1 aliphatic carbocycles. The zero-order valence-corrected chi connectivity index (χ0v) is 9.06. The van der Waals surface area contributed by atoms with Crippen molar-refractivity contribution in [1.29, 1.82) is 0 Å². The Morgan fingerprint density at radius 1 is 1.29 bits per heavy atom. The van der Waals surface area contributed by atoms with Gasteiger partial charge in [0.25, 0.3) is 0 Å². The van der Waals surface area contributed by atoms with Crippen molar-refractivity contribution in [3.05, 3.63) is 34.9 Å². The molecule has 0 saturated heterocycles. The van der Waals surface area contributed by atoms with Crippen LogP contribution in [0.2, 0.25) is 0 Å². The molecule has 74 valence electrons. The van der Waals surface area contributed by atoms with Crippen LogP contribution in [-0.2, 0) is 16.3 Å². The van der Waals surface area contributed by atoms with Gasteiger partial charge in [0.15, 0.2) is 9.84 Å². The molecule has 0 radical (unpaired) electrons. The fourth-order valence-electron chi connectivity index (χ4n) is 1.83. The summed E-state index contributed by atoms with van der Waals surface area (Å²) in [6.45, 7) is 2.02. The van der Waals surface area contributed by atoms with E-state index in [0.29, 0.717) is 4.90 Å². The van der Waals surface area contributed by atoms with E-state index in [1.165, 1.54) is 11.8 Å². The van der Waals surface area contributed by atoms with Crippen LogP contribution < -0.4 is 0 Å². The molecule has 0 aliphatic heterocycles. The van der Waals surface area contributed by atoms with E-state index in [-0.39, 0.29) is 0 Å². The molecule has 0 heterocycles. The number of sulfone groups is 1. The molecular formula is C11H12O2S. The van der Waals surface area contributed by atoms with E-state index < -0.39 is 9.84 Å². The summed E-state index contributed by atoms with van der Waals surface area (Å²) in [4.78, 5) is 0.451. The Hall–Kier alpha value is -1.09. The van der Waals surface area contributed by atoms with Crippen LogP contribution in [0.5, 0.6) is 0 Å². The molecule has 0 saturated carbocycles. The molecule has 1 aliphatic rings. The van der Waals surface area contributed by atoms with Crippen LogP contribution in [0.15, 0.2) is 28.7 Å². The third kappa shape index (κ3) is 1.48. The zero-order chi connectivity index (χ0) is 10.3. The topological polar surface area (TPSA) is 34.1 Å². The summed E-state index contributed by atoms with van der Waals surface area (Å²) in [7, 11) is -3.10. The van der Waals surface area contributed by atoms with Gasteiger partial charge in [-0.2, -0.15) is 0 Å². The van der Waals surface area contributed by atoms with Crippen molar-refractivity contribution in [2.75, 3.05) is 6.26 Å². The highest BCUT2D eigenvalue weighted by Gasteiger charge is 2.18. The van der Waals surface area contributed by atoms with Crippen molar-refractivity contribution in [1.82, 2.24) is 0 Å². The molecule has 14 heavy (non-hydrogen) atoms. The molecule has 0 atom stereocenters. The van der Waals surface area contributed by atoms with Crippen molar-refractivity contribution < 1.29 is 8.42 Å². The van der Waals surface area contributed by atoms with Gasteiger partial charge in [-0.05, 0) is 30.5 Å². The summed E-state index contributed by atoms with van der Waals surface area (Å²) >= 11 is 0. The van der Waals surface area contributed by atoms with Gasteiger partial charge in [0.2, 0.25) is 0 Å². The number of rotatable bonds is 1. The second kappa shape index (κ2) is 2.95. The van der Waals surface area contributed by atoms with E-state index in [1.54, 1.807) is 6.07 Å². The molecule has 2 nitrogen and oxygen atoms in total. The normalized spacial score (nSPS) is 15.1. The Morgan fingerprint density at radius 3 is 2.64 bits per heavy atom. The average Bonchev–Trinajstić information content (AvgIpc) is 2.41. The number of allylic oxidation sites excluding steroid dienone is 1. The molecule has 2 rings (SSSR count). The SMILES string of the molecule is CC1=Cc2c(cccc2S(C)(=O)=O)C1. The molecule has 0 spiro atoms. The van der Waals surface area contributed by atoms with E-state index in [2.05, 4.69) is 0 Å². The Balaban J connectivity index is 2.71. The van der Waals surface area contributed by atoms with Crippen LogP contribution in [-0.4, -0.2) is 14.7 Å². The van der Waals surface area contributed by atoms with Crippen molar-refractivity contribution in [2.45, 2.75) is 18.2 Å². The third-order valence-corrected chi connectivity index (χ3v) is 3.57. The molecule has 0 N–H and O–H groups in total. The van der Waals surface area contributed by atoms with Gasteiger partial charge in [-0.1, -0.05) is 23.8 Å².